The van der Waals surface area contributed by atoms with Gasteiger partial charge in [0, 0.05) is 15.6 Å². The summed E-state index contributed by atoms with van der Waals surface area (Å²) < 4.78 is 27.2. The maximum atomic E-state index is 14.9. The van der Waals surface area contributed by atoms with Crippen LogP contribution in [-0.4, -0.2) is 40.4 Å². The van der Waals surface area contributed by atoms with E-state index in [1.165, 1.54) is 24.3 Å². The monoisotopic (exact) mass is 643 g/mol. The third-order valence-electron chi connectivity index (χ3n) is 8.21. The maximum absolute atomic E-state index is 14.9. The van der Waals surface area contributed by atoms with Crippen molar-refractivity contribution in [2.45, 2.75) is 90.9 Å². The third-order valence-corrected chi connectivity index (χ3v) is 8.71. The number of fused-ring (bicyclic) bond motifs is 1. The molecule has 4 rings (SSSR count). The summed E-state index contributed by atoms with van der Waals surface area (Å²) in [4.78, 5) is 57.0. The molecule has 1 saturated carbocycles. The molecule has 1 aliphatic carbocycles. The first-order chi connectivity index (χ1) is 19.6. The van der Waals surface area contributed by atoms with E-state index in [9.17, 15) is 23.6 Å². The fourth-order valence-corrected chi connectivity index (χ4v) is 6.44. The summed E-state index contributed by atoms with van der Waals surface area (Å²) in [7, 11) is 0. The van der Waals surface area contributed by atoms with Crippen LogP contribution in [0.1, 0.15) is 88.7 Å². The van der Waals surface area contributed by atoms with E-state index < -0.39 is 59.7 Å². The molecule has 2 amide bonds. The molecule has 1 aliphatic heterocycles. The highest BCUT2D eigenvalue weighted by atomic mass is 79.9. The largest absolute Gasteiger partial charge is 0.461 e. The van der Waals surface area contributed by atoms with Crippen LogP contribution >= 0.6 is 15.9 Å². The Kier molecular flexibility index (Phi) is 9.31. The second-order valence-corrected chi connectivity index (χ2v) is 13.8. The summed E-state index contributed by atoms with van der Waals surface area (Å²) in [6.07, 6.45) is 1.36. The topological polar surface area (TPSA) is 90.0 Å². The first-order valence-corrected chi connectivity index (χ1v) is 15.3. The molecule has 1 heterocycles. The molecule has 0 N–H and O–H groups in total. The molecule has 4 atom stereocenters. The van der Waals surface area contributed by atoms with Crippen molar-refractivity contribution in [2.24, 2.45) is 17.8 Å². The highest BCUT2D eigenvalue weighted by Crippen LogP contribution is 2.43. The van der Waals surface area contributed by atoms with Gasteiger partial charge in [-0.25, -0.2) is 4.39 Å². The van der Waals surface area contributed by atoms with Crippen molar-refractivity contribution in [3.05, 3.63) is 69.4 Å². The van der Waals surface area contributed by atoms with Crippen molar-refractivity contribution in [2.75, 3.05) is 0 Å². The zero-order chi connectivity index (χ0) is 31.0. The molecule has 9 heteroatoms. The predicted octanol–water partition coefficient (Wildman–Crippen LogP) is 6.74. The second kappa shape index (κ2) is 12.3. The lowest BCUT2D eigenvalue weighted by molar-refractivity contribution is -0.175. The van der Waals surface area contributed by atoms with Crippen LogP contribution < -0.4 is 0 Å². The molecule has 2 aliphatic rings. The number of rotatable bonds is 7. The van der Waals surface area contributed by atoms with Gasteiger partial charge in [0.15, 0.2) is 5.41 Å². The number of carbonyl (C=O) groups is 4. The van der Waals surface area contributed by atoms with Gasteiger partial charge in [0.2, 0.25) is 0 Å². The zero-order valence-corrected chi connectivity index (χ0v) is 26.6. The molecule has 0 radical (unpaired) electrons. The van der Waals surface area contributed by atoms with Crippen LogP contribution in [0.3, 0.4) is 0 Å². The highest BCUT2D eigenvalue weighted by Gasteiger charge is 2.59. The quantitative estimate of drug-likeness (QED) is 0.188. The number of amides is 2. The molecule has 0 saturated heterocycles. The number of carbonyl (C=O) groups excluding carboxylic acids is 4. The molecule has 2 aromatic carbocycles. The first kappa shape index (κ1) is 31.9. The van der Waals surface area contributed by atoms with Crippen molar-refractivity contribution >= 4 is 39.7 Å². The lowest BCUT2D eigenvalue weighted by Gasteiger charge is -2.42. The van der Waals surface area contributed by atoms with Crippen molar-refractivity contribution in [3.8, 4) is 0 Å². The second-order valence-electron chi connectivity index (χ2n) is 12.9. The van der Waals surface area contributed by atoms with Crippen LogP contribution in [0.2, 0.25) is 0 Å². The molecule has 0 aromatic heterocycles. The molecule has 0 bridgehead atoms. The van der Waals surface area contributed by atoms with E-state index in [2.05, 4.69) is 36.7 Å². The average Bonchev–Trinajstić information content (AvgIpc) is 2.89. The number of hydrogen-bond donors (Lipinski definition) is 0. The molecule has 2 aromatic rings. The van der Waals surface area contributed by atoms with Gasteiger partial charge in [-0.05, 0) is 75.1 Å². The number of esters is 2. The Hall–Kier alpha value is -3.07. The summed E-state index contributed by atoms with van der Waals surface area (Å²) in [5.41, 5.74) is -2.83. The average molecular weight is 645 g/mol. The molecule has 42 heavy (non-hydrogen) atoms. The maximum Gasteiger partial charge on any atom is 0.327 e. The van der Waals surface area contributed by atoms with Gasteiger partial charge in [-0.3, -0.25) is 24.1 Å². The summed E-state index contributed by atoms with van der Waals surface area (Å²) in [5.74, 6) is -3.32. The molecule has 0 unspecified atom stereocenters. The Balaban J connectivity index is 1.85. The number of imide groups is 1. The Morgan fingerprint density at radius 1 is 1.12 bits per heavy atom. The van der Waals surface area contributed by atoms with Gasteiger partial charge >= 0.3 is 11.9 Å². The molecule has 226 valence electrons. The smallest absolute Gasteiger partial charge is 0.327 e. The van der Waals surface area contributed by atoms with E-state index in [0.29, 0.717) is 16.8 Å². The SMILES string of the molecule is CC(C)[C@@H]1CC[C@@H](C)C[C@H]1OC(=O)[C@]1(CC(=O)OC(C)(C)C)C(=O)N(Cc2ccc(Br)cc2F)C(=O)c2ccccc21. The summed E-state index contributed by atoms with van der Waals surface area (Å²) in [5, 5.41) is 0. The van der Waals surface area contributed by atoms with Crippen LogP contribution in [0, 0.1) is 23.6 Å². The van der Waals surface area contributed by atoms with E-state index >= 15 is 0 Å². The van der Waals surface area contributed by atoms with Gasteiger partial charge in [-0.15, -0.1) is 0 Å². The number of benzene rings is 2. The Morgan fingerprint density at radius 3 is 2.45 bits per heavy atom. The van der Waals surface area contributed by atoms with Crippen molar-refractivity contribution < 1.29 is 33.0 Å². The van der Waals surface area contributed by atoms with E-state index in [-0.39, 0.29) is 28.5 Å². The van der Waals surface area contributed by atoms with E-state index in [1.54, 1.807) is 39.0 Å². The fourth-order valence-electron chi connectivity index (χ4n) is 6.11. The summed E-state index contributed by atoms with van der Waals surface area (Å²) in [6, 6.07) is 10.5. The third kappa shape index (κ3) is 6.46. The van der Waals surface area contributed by atoms with Crippen LogP contribution in [0.25, 0.3) is 0 Å². The Labute approximate surface area is 255 Å². The molecular formula is C33H39BrFNO6. The zero-order valence-electron chi connectivity index (χ0n) is 25.0. The lowest BCUT2D eigenvalue weighted by atomic mass is 9.70. The van der Waals surface area contributed by atoms with E-state index in [4.69, 9.17) is 9.47 Å². The number of ether oxygens (including phenoxy) is 2. The van der Waals surface area contributed by atoms with Crippen molar-refractivity contribution in [1.29, 1.82) is 0 Å². The van der Waals surface area contributed by atoms with Gasteiger partial charge in [0.05, 0.1) is 13.0 Å². The van der Waals surface area contributed by atoms with Crippen molar-refractivity contribution in [1.82, 2.24) is 4.90 Å². The van der Waals surface area contributed by atoms with Crippen LogP contribution in [0.15, 0.2) is 46.9 Å². The Bertz CT molecular complexity index is 1380. The van der Waals surface area contributed by atoms with Gasteiger partial charge in [0.25, 0.3) is 11.8 Å². The van der Waals surface area contributed by atoms with Gasteiger partial charge in [-0.1, -0.05) is 67.4 Å². The number of halogens is 2. The standard InChI is InChI=1S/C33H39BrFNO6/c1-19(2)23-14-11-20(3)15-27(23)41-31(40)33(17-28(37)42-32(4,5)6)25-10-8-7-9-24(25)29(38)36(30(33)39)18-21-12-13-22(34)16-26(21)35/h7-10,12-13,16,19-20,23,27H,11,14-15,17-18H2,1-6H3/t20-,23+,27-,33+/m1/s1. The number of nitrogens with zero attached hydrogens (tertiary/aromatic N) is 1. The minimum absolute atomic E-state index is 0.0762. The van der Waals surface area contributed by atoms with Gasteiger partial charge < -0.3 is 9.47 Å². The van der Waals surface area contributed by atoms with E-state index in [0.717, 1.165) is 17.7 Å². The van der Waals surface area contributed by atoms with Gasteiger partial charge in [-0.2, -0.15) is 0 Å². The highest BCUT2D eigenvalue weighted by molar-refractivity contribution is 9.10. The minimum atomic E-state index is -2.19. The fraction of sp³-hybridized carbons (Fsp3) is 0.515. The molecule has 1 fully saturated rings. The lowest BCUT2D eigenvalue weighted by Crippen LogP contribution is -2.60. The summed E-state index contributed by atoms with van der Waals surface area (Å²) >= 11 is 3.22. The van der Waals surface area contributed by atoms with Crippen molar-refractivity contribution in [3.63, 3.8) is 0 Å². The first-order valence-electron chi connectivity index (χ1n) is 14.5. The Morgan fingerprint density at radius 2 is 1.81 bits per heavy atom. The van der Waals surface area contributed by atoms with Crippen LogP contribution in [0.4, 0.5) is 4.39 Å². The molecule has 0 spiro atoms. The summed E-state index contributed by atoms with van der Waals surface area (Å²) in [6.45, 7) is 10.9. The number of hydrogen-bond acceptors (Lipinski definition) is 6. The van der Waals surface area contributed by atoms with Gasteiger partial charge in [0.1, 0.15) is 17.5 Å². The normalized spacial score (nSPS) is 24.4. The molecule has 7 nitrogen and oxygen atoms in total. The molecular weight excluding hydrogens is 605 g/mol. The minimum Gasteiger partial charge on any atom is -0.461 e. The predicted molar refractivity (Wildman–Crippen MR) is 159 cm³/mol. The van der Waals surface area contributed by atoms with E-state index in [1.807, 2.05) is 0 Å². The van der Waals surface area contributed by atoms with Crippen LogP contribution in [-0.2, 0) is 35.8 Å². The van der Waals surface area contributed by atoms with Crippen LogP contribution in [0.5, 0.6) is 0 Å².